The van der Waals surface area contributed by atoms with Gasteiger partial charge in [-0.3, -0.25) is 0 Å². The van der Waals surface area contributed by atoms with E-state index in [9.17, 15) is 4.79 Å². The number of anilines is 1. The molecule has 0 aliphatic heterocycles. The van der Waals surface area contributed by atoms with Gasteiger partial charge in [0.2, 0.25) is 0 Å². The molecule has 2 N–H and O–H groups in total. The molecule has 0 atom stereocenters. The third-order valence-corrected chi connectivity index (χ3v) is 3.29. The van der Waals surface area contributed by atoms with E-state index in [2.05, 4.69) is 41.4 Å². The summed E-state index contributed by atoms with van der Waals surface area (Å²) in [7, 11) is 0. The zero-order valence-electron chi connectivity index (χ0n) is 12.9. The fraction of sp³-hybridized carbons (Fsp3) is 0.312. The van der Waals surface area contributed by atoms with Crippen molar-refractivity contribution in [3.8, 4) is 0 Å². The van der Waals surface area contributed by atoms with Crippen molar-refractivity contribution >= 4 is 23.3 Å². The second-order valence-corrected chi connectivity index (χ2v) is 6.40. The standard InChI is InChI=1S/C16H19ClN4O/c1-16(2,3)14-11(8-18-10-20-14)9-19-15(22)21-13-6-4-12(17)5-7-13/h4-8,10H,9H2,1-3H3,(H2,19,21,22). The minimum atomic E-state index is -0.286. The van der Waals surface area contributed by atoms with Gasteiger partial charge in [-0.05, 0) is 24.3 Å². The predicted molar refractivity (Wildman–Crippen MR) is 88.0 cm³/mol. The lowest BCUT2D eigenvalue weighted by Gasteiger charge is -2.21. The molecular formula is C16H19ClN4O. The van der Waals surface area contributed by atoms with Crippen LogP contribution in [0.2, 0.25) is 5.02 Å². The van der Waals surface area contributed by atoms with Crippen molar-refractivity contribution in [1.82, 2.24) is 15.3 Å². The summed E-state index contributed by atoms with van der Waals surface area (Å²) in [6.07, 6.45) is 3.26. The molecule has 1 aromatic heterocycles. The van der Waals surface area contributed by atoms with Gasteiger partial charge < -0.3 is 10.6 Å². The number of nitrogens with zero attached hydrogens (tertiary/aromatic N) is 2. The van der Waals surface area contributed by atoms with Crippen LogP contribution in [-0.2, 0) is 12.0 Å². The topological polar surface area (TPSA) is 66.9 Å². The van der Waals surface area contributed by atoms with Gasteiger partial charge in [-0.25, -0.2) is 14.8 Å². The zero-order chi connectivity index (χ0) is 16.2. The van der Waals surface area contributed by atoms with Crippen LogP contribution in [0.1, 0.15) is 32.0 Å². The Morgan fingerprint density at radius 2 is 1.91 bits per heavy atom. The summed E-state index contributed by atoms with van der Waals surface area (Å²) in [5.74, 6) is 0. The molecule has 1 aromatic carbocycles. The van der Waals surface area contributed by atoms with E-state index in [1.54, 1.807) is 30.5 Å². The van der Waals surface area contributed by atoms with E-state index in [4.69, 9.17) is 11.6 Å². The average Bonchev–Trinajstić information content (AvgIpc) is 2.47. The van der Waals surface area contributed by atoms with Gasteiger partial charge in [0, 0.05) is 34.4 Å². The Morgan fingerprint density at radius 1 is 1.23 bits per heavy atom. The molecule has 0 saturated heterocycles. The number of nitrogens with one attached hydrogen (secondary N) is 2. The summed E-state index contributed by atoms with van der Waals surface area (Å²) in [4.78, 5) is 20.3. The highest BCUT2D eigenvalue weighted by Gasteiger charge is 2.19. The van der Waals surface area contributed by atoms with E-state index >= 15 is 0 Å². The monoisotopic (exact) mass is 318 g/mol. The van der Waals surface area contributed by atoms with E-state index in [-0.39, 0.29) is 11.4 Å². The van der Waals surface area contributed by atoms with Crippen LogP contribution in [0.25, 0.3) is 0 Å². The molecule has 2 aromatic rings. The van der Waals surface area contributed by atoms with E-state index in [0.717, 1.165) is 11.3 Å². The first-order chi connectivity index (χ1) is 10.4. The van der Waals surface area contributed by atoms with Gasteiger partial charge >= 0.3 is 6.03 Å². The lowest BCUT2D eigenvalue weighted by atomic mass is 9.89. The van der Waals surface area contributed by atoms with Crippen molar-refractivity contribution in [3.05, 3.63) is 53.1 Å². The predicted octanol–water partition coefficient (Wildman–Crippen LogP) is 3.75. The summed E-state index contributed by atoms with van der Waals surface area (Å²) in [5, 5.41) is 6.19. The highest BCUT2D eigenvalue weighted by Crippen LogP contribution is 2.22. The lowest BCUT2D eigenvalue weighted by molar-refractivity contribution is 0.251. The number of urea groups is 1. The molecule has 0 aliphatic carbocycles. The molecular weight excluding hydrogens is 300 g/mol. The molecule has 0 radical (unpaired) electrons. The highest BCUT2D eigenvalue weighted by molar-refractivity contribution is 6.30. The third kappa shape index (κ3) is 4.43. The Hall–Kier alpha value is -2.14. The molecule has 0 bridgehead atoms. The fourth-order valence-corrected chi connectivity index (χ4v) is 2.17. The van der Waals surface area contributed by atoms with Gasteiger partial charge in [0.05, 0.1) is 5.69 Å². The maximum absolute atomic E-state index is 11.9. The Balaban J connectivity index is 1.98. The normalized spacial score (nSPS) is 11.1. The van der Waals surface area contributed by atoms with Gasteiger partial charge in [0.15, 0.2) is 0 Å². The quantitative estimate of drug-likeness (QED) is 0.905. The van der Waals surface area contributed by atoms with E-state index in [0.29, 0.717) is 17.3 Å². The van der Waals surface area contributed by atoms with Crippen molar-refractivity contribution in [2.45, 2.75) is 32.7 Å². The van der Waals surface area contributed by atoms with Crippen molar-refractivity contribution in [2.24, 2.45) is 0 Å². The number of carbonyl (C=O) groups excluding carboxylic acids is 1. The number of hydrogen-bond acceptors (Lipinski definition) is 3. The van der Waals surface area contributed by atoms with Gasteiger partial charge in [0.1, 0.15) is 6.33 Å². The van der Waals surface area contributed by atoms with Crippen LogP contribution in [-0.4, -0.2) is 16.0 Å². The first-order valence-electron chi connectivity index (χ1n) is 6.96. The molecule has 0 saturated carbocycles. The van der Waals surface area contributed by atoms with Gasteiger partial charge in [-0.1, -0.05) is 32.4 Å². The van der Waals surface area contributed by atoms with Crippen LogP contribution < -0.4 is 10.6 Å². The summed E-state index contributed by atoms with van der Waals surface area (Å²) in [5.41, 5.74) is 2.41. The Labute approximate surface area is 135 Å². The summed E-state index contributed by atoms with van der Waals surface area (Å²) >= 11 is 5.81. The van der Waals surface area contributed by atoms with E-state index < -0.39 is 0 Å². The molecule has 0 unspecified atom stereocenters. The number of hydrogen-bond donors (Lipinski definition) is 2. The van der Waals surface area contributed by atoms with Gasteiger partial charge in [-0.2, -0.15) is 0 Å². The van der Waals surface area contributed by atoms with Crippen molar-refractivity contribution < 1.29 is 4.79 Å². The zero-order valence-corrected chi connectivity index (χ0v) is 13.6. The smallest absolute Gasteiger partial charge is 0.319 e. The molecule has 2 amide bonds. The highest BCUT2D eigenvalue weighted by atomic mass is 35.5. The molecule has 116 valence electrons. The summed E-state index contributed by atoms with van der Waals surface area (Å²) in [6, 6.07) is 6.65. The van der Waals surface area contributed by atoms with Crippen molar-refractivity contribution in [2.75, 3.05) is 5.32 Å². The first kappa shape index (κ1) is 16.2. The summed E-state index contributed by atoms with van der Waals surface area (Å²) < 4.78 is 0. The first-order valence-corrected chi connectivity index (χ1v) is 7.34. The number of aromatic nitrogens is 2. The Kier molecular flexibility index (Phi) is 4.98. The van der Waals surface area contributed by atoms with Gasteiger partial charge in [-0.15, -0.1) is 0 Å². The minimum Gasteiger partial charge on any atom is -0.334 e. The SMILES string of the molecule is CC(C)(C)c1ncncc1CNC(=O)Nc1ccc(Cl)cc1. The minimum absolute atomic E-state index is 0.105. The number of benzene rings is 1. The third-order valence-electron chi connectivity index (χ3n) is 3.04. The summed E-state index contributed by atoms with van der Waals surface area (Å²) in [6.45, 7) is 6.60. The van der Waals surface area contributed by atoms with Gasteiger partial charge in [0.25, 0.3) is 0 Å². The average molecular weight is 319 g/mol. The Bertz CT molecular complexity index is 650. The maximum Gasteiger partial charge on any atom is 0.319 e. The second-order valence-electron chi connectivity index (χ2n) is 5.96. The number of carbonyl (C=O) groups is 1. The molecule has 22 heavy (non-hydrogen) atoms. The Morgan fingerprint density at radius 3 is 2.55 bits per heavy atom. The number of rotatable bonds is 3. The molecule has 5 nitrogen and oxygen atoms in total. The number of halogens is 1. The van der Waals surface area contributed by atoms with Crippen LogP contribution in [0.5, 0.6) is 0 Å². The van der Waals surface area contributed by atoms with Crippen LogP contribution >= 0.6 is 11.6 Å². The van der Waals surface area contributed by atoms with E-state index in [1.165, 1.54) is 6.33 Å². The van der Waals surface area contributed by atoms with Crippen LogP contribution in [0, 0.1) is 0 Å². The molecule has 6 heteroatoms. The van der Waals surface area contributed by atoms with Crippen LogP contribution in [0.15, 0.2) is 36.8 Å². The molecule has 2 rings (SSSR count). The van der Waals surface area contributed by atoms with Crippen molar-refractivity contribution in [3.63, 3.8) is 0 Å². The largest absolute Gasteiger partial charge is 0.334 e. The number of amides is 2. The molecule has 0 fully saturated rings. The fourth-order valence-electron chi connectivity index (χ4n) is 2.05. The molecule has 0 spiro atoms. The van der Waals surface area contributed by atoms with Crippen LogP contribution in [0.4, 0.5) is 10.5 Å². The molecule has 1 heterocycles. The lowest BCUT2D eigenvalue weighted by Crippen LogP contribution is -2.30. The molecule has 0 aliphatic rings. The van der Waals surface area contributed by atoms with E-state index in [1.807, 2.05) is 0 Å². The second kappa shape index (κ2) is 6.75. The van der Waals surface area contributed by atoms with Crippen molar-refractivity contribution in [1.29, 1.82) is 0 Å². The maximum atomic E-state index is 11.9. The van der Waals surface area contributed by atoms with Crippen LogP contribution in [0.3, 0.4) is 0 Å².